The van der Waals surface area contributed by atoms with Crippen LogP contribution in [0, 0.1) is 12.3 Å². The smallest absolute Gasteiger partial charge is 0.276 e. The van der Waals surface area contributed by atoms with E-state index in [9.17, 15) is 13.6 Å². The molecule has 44 valence electrons. The fourth-order valence-electron chi connectivity index (χ4n) is 0.0818. The van der Waals surface area contributed by atoms with Crippen LogP contribution in [-0.4, -0.2) is 11.2 Å². The van der Waals surface area contributed by atoms with Crippen molar-refractivity contribution in [2.45, 2.75) is 5.38 Å². The van der Waals surface area contributed by atoms with Gasteiger partial charge in [0.2, 0.25) is 0 Å². The van der Waals surface area contributed by atoms with Gasteiger partial charge < -0.3 is 0 Å². The van der Waals surface area contributed by atoms with E-state index in [-0.39, 0.29) is 0 Å². The van der Waals surface area contributed by atoms with Crippen LogP contribution in [0.2, 0.25) is 0 Å². The van der Waals surface area contributed by atoms with Crippen LogP contribution in [0.4, 0.5) is 8.78 Å². The van der Waals surface area contributed by atoms with Crippen molar-refractivity contribution in [1.82, 2.24) is 0 Å². The van der Waals surface area contributed by atoms with E-state index in [1.54, 1.807) is 0 Å². The fraction of sp³-hybridized carbons (Fsp3) is 0.250. The Kier molecular flexibility index (Phi) is 1.94. The van der Waals surface area contributed by atoms with E-state index in [2.05, 4.69) is 18.0 Å². The Morgan fingerprint density at radius 1 is 1.75 bits per heavy atom. The molecule has 0 rings (SSSR count). The number of alkyl halides is 3. The fourth-order valence-corrected chi connectivity index (χ4v) is 0.136. The lowest BCUT2D eigenvalue weighted by atomic mass is 10.4. The maximum absolute atomic E-state index is 11.4. The number of halogens is 3. The lowest BCUT2D eigenvalue weighted by Gasteiger charge is -1.96. The summed E-state index contributed by atoms with van der Waals surface area (Å²) in [5.41, 5.74) is 0. The number of rotatable bonds is 1. The molecule has 0 amide bonds. The second kappa shape index (κ2) is 2.10. The molecule has 0 bridgehead atoms. The first-order valence-corrected chi connectivity index (χ1v) is 1.94. The van der Waals surface area contributed by atoms with Gasteiger partial charge in [0.25, 0.3) is 5.78 Å². The minimum atomic E-state index is -3.89. The Labute approximate surface area is 49.6 Å². The number of carbonyl (C=O) groups excluding carboxylic acids is 1. The number of ketones is 1. The summed E-state index contributed by atoms with van der Waals surface area (Å²) in [6.45, 7) is 0. The van der Waals surface area contributed by atoms with Crippen molar-refractivity contribution in [3.05, 3.63) is 0 Å². The van der Waals surface area contributed by atoms with Crippen molar-refractivity contribution in [3.63, 3.8) is 0 Å². The van der Waals surface area contributed by atoms with E-state index < -0.39 is 11.2 Å². The normalized spacial score (nSPS) is 10.2. The van der Waals surface area contributed by atoms with Gasteiger partial charge in [0, 0.05) is 0 Å². The third kappa shape index (κ3) is 1.90. The second-order valence-electron chi connectivity index (χ2n) is 0.971. The zero-order chi connectivity index (χ0) is 6.78. The second-order valence-corrected chi connectivity index (χ2v) is 1.45. The predicted octanol–water partition coefficient (Wildman–Crippen LogP) is 1.02. The molecule has 4 heteroatoms. The highest BCUT2D eigenvalue weighted by molar-refractivity contribution is 6.35. The number of Topliss-reactive ketones (excluding diaryl/α,β-unsaturated/α-hetero) is 1. The van der Waals surface area contributed by atoms with E-state index in [0.29, 0.717) is 0 Å². The Hall–Kier alpha value is -0.620. The van der Waals surface area contributed by atoms with Crippen molar-refractivity contribution < 1.29 is 13.6 Å². The summed E-state index contributed by atoms with van der Waals surface area (Å²) in [5, 5.41) is -3.89. The van der Waals surface area contributed by atoms with Crippen molar-refractivity contribution in [2.24, 2.45) is 0 Å². The lowest BCUT2D eigenvalue weighted by molar-refractivity contribution is -0.127. The summed E-state index contributed by atoms with van der Waals surface area (Å²) in [5.74, 6) is -0.525. The quantitative estimate of drug-likeness (QED) is 0.300. The first kappa shape index (κ1) is 7.38. The topological polar surface area (TPSA) is 17.1 Å². The van der Waals surface area contributed by atoms with Crippen molar-refractivity contribution >= 4 is 17.4 Å². The molecule has 0 radical (unpaired) electrons. The molecule has 1 nitrogen and oxygen atoms in total. The molecule has 0 aromatic carbocycles. The molecule has 0 atom stereocenters. The first-order chi connectivity index (χ1) is 3.48. The third-order valence-corrected chi connectivity index (χ3v) is 0.560. The Morgan fingerprint density at radius 3 is 2.12 bits per heavy atom. The number of hydrogen-bond acceptors (Lipinski definition) is 1. The summed E-state index contributed by atoms with van der Waals surface area (Å²) >= 11 is 4.16. The van der Waals surface area contributed by atoms with Gasteiger partial charge in [-0.25, -0.2) is 0 Å². The molecule has 0 aromatic heterocycles. The van der Waals surface area contributed by atoms with E-state index in [1.807, 2.05) is 0 Å². The van der Waals surface area contributed by atoms with Crippen LogP contribution in [0.3, 0.4) is 0 Å². The monoisotopic (exact) mass is 138 g/mol. The van der Waals surface area contributed by atoms with Crippen LogP contribution in [-0.2, 0) is 4.79 Å². The van der Waals surface area contributed by atoms with Gasteiger partial charge in [-0.05, 0) is 17.5 Å². The van der Waals surface area contributed by atoms with Crippen LogP contribution in [0.1, 0.15) is 0 Å². The summed E-state index contributed by atoms with van der Waals surface area (Å²) in [4.78, 5) is 9.72. The zero-order valence-electron chi connectivity index (χ0n) is 3.62. The molecule has 0 aliphatic heterocycles. The van der Waals surface area contributed by atoms with Gasteiger partial charge in [0.05, 0.1) is 0 Å². The molecule has 0 heterocycles. The van der Waals surface area contributed by atoms with Gasteiger partial charge >= 0.3 is 5.38 Å². The average Bonchev–Trinajstić information content (AvgIpc) is 1.62. The summed E-state index contributed by atoms with van der Waals surface area (Å²) < 4.78 is 22.8. The van der Waals surface area contributed by atoms with Crippen LogP contribution in [0.5, 0.6) is 0 Å². The molecule has 0 spiro atoms. The van der Waals surface area contributed by atoms with E-state index >= 15 is 0 Å². The van der Waals surface area contributed by atoms with E-state index in [1.165, 1.54) is 5.92 Å². The minimum Gasteiger partial charge on any atom is -0.276 e. The largest absolute Gasteiger partial charge is 0.392 e. The third-order valence-electron chi connectivity index (χ3n) is 0.389. The molecule has 0 N–H and O–H groups in total. The highest BCUT2D eigenvalue weighted by Gasteiger charge is 2.33. The van der Waals surface area contributed by atoms with Crippen molar-refractivity contribution in [2.75, 3.05) is 0 Å². The average molecular weight is 138 g/mol. The minimum absolute atomic E-state index is 1.18. The van der Waals surface area contributed by atoms with Gasteiger partial charge in [-0.1, -0.05) is 0 Å². The van der Waals surface area contributed by atoms with Gasteiger partial charge in [-0.2, -0.15) is 8.78 Å². The highest BCUT2D eigenvalue weighted by atomic mass is 35.5. The van der Waals surface area contributed by atoms with Crippen molar-refractivity contribution in [1.29, 1.82) is 0 Å². The molecule has 0 saturated heterocycles. The highest BCUT2D eigenvalue weighted by Crippen LogP contribution is 2.18. The Balaban J connectivity index is 4.09. The maximum atomic E-state index is 11.4. The Bertz CT molecular complexity index is 141. The molecule has 0 saturated carbocycles. The Morgan fingerprint density at radius 2 is 2.12 bits per heavy atom. The molecule has 0 aliphatic rings. The first-order valence-electron chi connectivity index (χ1n) is 1.56. The van der Waals surface area contributed by atoms with E-state index in [0.717, 1.165) is 0 Å². The standard InChI is InChI=1S/C4HClF2O/c1-2-3(8)4(5,6)7/h1H. The van der Waals surface area contributed by atoms with Crippen LogP contribution in [0.25, 0.3) is 0 Å². The van der Waals surface area contributed by atoms with Gasteiger partial charge in [0.15, 0.2) is 0 Å². The SMILES string of the molecule is C#CC(=O)C(F)(F)Cl. The molecular formula is C4HClF2O. The molecule has 0 unspecified atom stereocenters. The summed E-state index contributed by atoms with van der Waals surface area (Å²) in [7, 11) is 0. The zero-order valence-corrected chi connectivity index (χ0v) is 4.38. The number of carbonyl (C=O) groups is 1. The van der Waals surface area contributed by atoms with Crippen LogP contribution < -0.4 is 0 Å². The van der Waals surface area contributed by atoms with Crippen LogP contribution >= 0.6 is 11.6 Å². The van der Waals surface area contributed by atoms with Crippen LogP contribution in [0.15, 0.2) is 0 Å². The molecule has 8 heavy (non-hydrogen) atoms. The summed E-state index contributed by atoms with van der Waals surface area (Å²) in [6, 6.07) is 0. The number of hydrogen-bond donors (Lipinski definition) is 0. The van der Waals surface area contributed by atoms with Gasteiger partial charge in [0.1, 0.15) is 0 Å². The molecule has 0 aromatic rings. The molecular weight excluding hydrogens is 137 g/mol. The molecule has 0 aliphatic carbocycles. The molecule has 0 fully saturated rings. The number of terminal acetylenes is 1. The summed E-state index contributed by atoms with van der Waals surface area (Å²) in [6.07, 6.45) is 4.29. The van der Waals surface area contributed by atoms with Crippen molar-refractivity contribution in [3.8, 4) is 12.3 Å². The maximum Gasteiger partial charge on any atom is 0.392 e. The predicted molar refractivity (Wildman–Crippen MR) is 24.6 cm³/mol. The van der Waals surface area contributed by atoms with Gasteiger partial charge in [-0.3, -0.25) is 4.79 Å². The lowest BCUT2D eigenvalue weighted by Crippen LogP contribution is -2.18. The van der Waals surface area contributed by atoms with E-state index in [4.69, 9.17) is 0 Å². The van der Waals surface area contributed by atoms with Gasteiger partial charge in [-0.15, -0.1) is 6.42 Å².